The molecule has 1 aliphatic heterocycles. The molecule has 5 nitrogen and oxygen atoms in total. The van der Waals surface area contributed by atoms with Crippen molar-refractivity contribution in [1.82, 2.24) is 5.32 Å². The van der Waals surface area contributed by atoms with E-state index in [1.165, 1.54) is 0 Å². The fourth-order valence-corrected chi connectivity index (χ4v) is 2.16. The van der Waals surface area contributed by atoms with Gasteiger partial charge in [-0.15, -0.1) is 0 Å². The van der Waals surface area contributed by atoms with Crippen LogP contribution in [0, 0.1) is 17.6 Å². The molecule has 0 spiro atoms. The SMILES string of the molecule is CC.CC.CC.NC(CC1CCNC1=O)C(=O)COc1ccc(F)cc1F. The summed E-state index contributed by atoms with van der Waals surface area (Å²) in [7, 11) is 0. The van der Waals surface area contributed by atoms with Crippen LogP contribution in [0.4, 0.5) is 8.78 Å². The molecule has 0 aliphatic carbocycles. The van der Waals surface area contributed by atoms with E-state index in [-0.39, 0.29) is 24.0 Å². The summed E-state index contributed by atoms with van der Waals surface area (Å²) in [5.74, 6) is -2.63. The number of rotatable bonds is 6. The summed E-state index contributed by atoms with van der Waals surface area (Å²) >= 11 is 0. The number of hydrogen-bond acceptors (Lipinski definition) is 4. The molecule has 1 heterocycles. The third-order valence-corrected chi connectivity index (χ3v) is 3.38. The van der Waals surface area contributed by atoms with Crippen molar-refractivity contribution in [1.29, 1.82) is 0 Å². The minimum Gasteiger partial charge on any atom is -0.483 e. The molecule has 2 rings (SSSR count). The fraction of sp³-hybridized carbons (Fsp3) is 0.600. The second kappa shape index (κ2) is 16.2. The van der Waals surface area contributed by atoms with Gasteiger partial charge < -0.3 is 15.8 Å². The van der Waals surface area contributed by atoms with Crippen molar-refractivity contribution in [2.45, 2.75) is 60.4 Å². The average Bonchev–Trinajstić information content (AvgIpc) is 3.10. The van der Waals surface area contributed by atoms with Crippen LogP contribution < -0.4 is 15.8 Å². The fourth-order valence-electron chi connectivity index (χ4n) is 2.16. The van der Waals surface area contributed by atoms with E-state index < -0.39 is 30.1 Å². The van der Waals surface area contributed by atoms with Gasteiger partial charge in [0.2, 0.25) is 5.91 Å². The van der Waals surface area contributed by atoms with Crippen LogP contribution >= 0.6 is 0 Å². The lowest BCUT2D eigenvalue weighted by Gasteiger charge is -2.14. The number of Topliss-reactive ketones (excluding diaryl/α,β-unsaturated/α-hetero) is 1. The Morgan fingerprint density at radius 1 is 1.22 bits per heavy atom. The van der Waals surface area contributed by atoms with Gasteiger partial charge >= 0.3 is 0 Å². The molecule has 156 valence electrons. The van der Waals surface area contributed by atoms with Crippen LogP contribution in [-0.2, 0) is 9.59 Å². The van der Waals surface area contributed by atoms with Crippen LogP contribution in [0.25, 0.3) is 0 Å². The maximum atomic E-state index is 13.3. The van der Waals surface area contributed by atoms with Crippen LogP contribution in [0.3, 0.4) is 0 Å². The lowest BCUT2D eigenvalue weighted by Crippen LogP contribution is -2.37. The van der Waals surface area contributed by atoms with Crippen molar-refractivity contribution in [3.63, 3.8) is 0 Å². The zero-order valence-electron chi connectivity index (χ0n) is 17.3. The van der Waals surface area contributed by atoms with Crippen molar-refractivity contribution in [3.8, 4) is 5.75 Å². The molecule has 0 bridgehead atoms. The summed E-state index contributed by atoms with van der Waals surface area (Å²) in [6.45, 7) is 12.2. The Bertz CT molecular complexity index is 554. The number of ether oxygens (including phenoxy) is 1. The van der Waals surface area contributed by atoms with Crippen molar-refractivity contribution in [2.75, 3.05) is 13.2 Å². The number of carbonyl (C=O) groups excluding carboxylic acids is 2. The number of benzene rings is 1. The van der Waals surface area contributed by atoms with Crippen LogP contribution in [0.1, 0.15) is 54.4 Å². The molecule has 2 atom stereocenters. The Kier molecular flexibility index (Phi) is 16.3. The Labute approximate surface area is 161 Å². The van der Waals surface area contributed by atoms with Crippen molar-refractivity contribution < 1.29 is 23.1 Å². The molecule has 27 heavy (non-hydrogen) atoms. The quantitative estimate of drug-likeness (QED) is 0.776. The number of carbonyl (C=O) groups is 2. The minimum atomic E-state index is -0.883. The van der Waals surface area contributed by atoms with Crippen LogP contribution in [-0.4, -0.2) is 30.9 Å². The number of nitrogens with one attached hydrogen (secondary N) is 1. The summed E-state index contributed by atoms with van der Waals surface area (Å²) in [6, 6.07) is 1.96. The highest BCUT2D eigenvalue weighted by Gasteiger charge is 2.28. The van der Waals surface area contributed by atoms with Gasteiger partial charge in [0.15, 0.2) is 17.3 Å². The van der Waals surface area contributed by atoms with Crippen molar-refractivity contribution in [2.24, 2.45) is 11.7 Å². The monoisotopic (exact) mass is 388 g/mol. The molecule has 1 aromatic carbocycles. The van der Waals surface area contributed by atoms with Gasteiger partial charge in [0, 0.05) is 18.5 Å². The minimum absolute atomic E-state index is 0.108. The first kappa shape index (κ1) is 27.2. The number of amides is 1. The van der Waals surface area contributed by atoms with Gasteiger partial charge in [0.25, 0.3) is 0 Å². The van der Waals surface area contributed by atoms with Crippen molar-refractivity contribution in [3.05, 3.63) is 29.8 Å². The Hall–Kier alpha value is -2.02. The van der Waals surface area contributed by atoms with Gasteiger partial charge in [-0.3, -0.25) is 9.59 Å². The molecule has 7 heteroatoms. The third kappa shape index (κ3) is 10.0. The lowest BCUT2D eigenvalue weighted by atomic mass is 9.97. The van der Waals surface area contributed by atoms with E-state index in [0.717, 1.165) is 12.1 Å². The van der Waals surface area contributed by atoms with E-state index in [1.54, 1.807) is 0 Å². The molecule has 3 N–H and O–H groups in total. The van der Waals surface area contributed by atoms with E-state index in [9.17, 15) is 18.4 Å². The molecule has 1 amide bonds. The average molecular weight is 388 g/mol. The summed E-state index contributed by atoms with van der Waals surface area (Å²) < 4.78 is 31.0. The predicted octanol–water partition coefficient (Wildman–Crippen LogP) is 3.84. The highest BCUT2D eigenvalue weighted by atomic mass is 19.1. The molecule has 1 aliphatic rings. The van der Waals surface area contributed by atoms with E-state index in [0.29, 0.717) is 19.0 Å². The molecule has 1 aromatic rings. The maximum absolute atomic E-state index is 13.3. The maximum Gasteiger partial charge on any atom is 0.223 e. The van der Waals surface area contributed by atoms with Gasteiger partial charge in [-0.1, -0.05) is 41.5 Å². The highest BCUT2D eigenvalue weighted by Crippen LogP contribution is 2.18. The Morgan fingerprint density at radius 3 is 2.30 bits per heavy atom. The van der Waals surface area contributed by atoms with Crippen LogP contribution in [0.15, 0.2) is 18.2 Å². The Balaban J connectivity index is 0. The lowest BCUT2D eigenvalue weighted by molar-refractivity contribution is -0.124. The van der Waals surface area contributed by atoms with Crippen LogP contribution in [0.5, 0.6) is 5.75 Å². The normalized spacial score (nSPS) is 15.6. The summed E-state index contributed by atoms with van der Waals surface area (Å²) in [6.07, 6.45) is 0.882. The van der Waals surface area contributed by atoms with Crippen molar-refractivity contribution >= 4 is 11.7 Å². The number of ketones is 1. The molecule has 1 saturated heterocycles. The van der Waals surface area contributed by atoms with E-state index in [2.05, 4.69) is 5.32 Å². The second-order valence-electron chi connectivity index (χ2n) is 4.95. The van der Waals surface area contributed by atoms with Gasteiger partial charge in [-0.25, -0.2) is 8.78 Å². The highest BCUT2D eigenvalue weighted by molar-refractivity contribution is 5.87. The van der Waals surface area contributed by atoms with Gasteiger partial charge in [-0.05, 0) is 25.0 Å². The molecule has 0 radical (unpaired) electrons. The molecular weight excluding hydrogens is 354 g/mol. The largest absolute Gasteiger partial charge is 0.483 e. The second-order valence-corrected chi connectivity index (χ2v) is 4.95. The third-order valence-electron chi connectivity index (χ3n) is 3.38. The smallest absolute Gasteiger partial charge is 0.223 e. The number of nitrogens with two attached hydrogens (primary N) is 1. The van der Waals surface area contributed by atoms with Gasteiger partial charge in [0.05, 0.1) is 6.04 Å². The first-order valence-corrected chi connectivity index (χ1v) is 9.61. The van der Waals surface area contributed by atoms with Crippen LogP contribution in [0.2, 0.25) is 0 Å². The molecule has 2 unspecified atom stereocenters. The number of halogens is 2. The zero-order valence-corrected chi connectivity index (χ0v) is 17.3. The van der Waals surface area contributed by atoms with Gasteiger partial charge in [-0.2, -0.15) is 0 Å². The standard InChI is InChI=1S/C14H16F2N2O3.3C2H6/c15-9-1-2-13(10(16)6-9)21-7-12(19)11(17)5-8-3-4-18-14(8)20;3*1-2/h1-2,6,8,11H,3-5,7,17H2,(H,18,20);3*1-2H3. The molecule has 1 fully saturated rings. The van der Waals surface area contributed by atoms with E-state index >= 15 is 0 Å². The molecule has 0 aromatic heterocycles. The van der Waals surface area contributed by atoms with E-state index in [4.69, 9.17) is 10.5 Å². The Morgan fingerprint density at radius 2 is 1.81 bits per heavy atom. The molecule has 0 saturated carbocycles. The number of hydrogen-bond donors (Lipinski definition) is 2. The first-order valence-electron chi connectivity index (χ1n) is 9.61. The topological polar surface area (TPSA) is 81.4 Å². The summed E-state index contributed by atoms with van der Waals surface area (Å²) in [5, 5.41) is 2.66. The van der Waals surface area contributed by atoms with E-state index in [1.807, 2.05) is 41.5 Å². The summed E-state index contributed by atoms with van der Waals surface area (Å²) in [5.41, 5.74) is 5.72. The molecular formula is C20H34F2N2O3. The summed E-state index contributed by atoms with van der Waals surface area (Å²) in [4.78, 5) is 23.2. The predicted molar refractivity (Wildman–Crippen MR) is 105 cm³/mol. The van der Waals surface area contributed by atoms with Gasteiger partial charge in [0.1, 0.15) is 12.4 Å². The first-order chi connectivity index (χ1) is 13.0. The zero-order chi connectivity index (χ0) is 21.4.